The van der Waals surface area contributed by atoms with Gasteiger partial charge in [-0.05, 0) is 30.9 Å². The minimum Gasteiger partial charge on any atom is -0.348 e. The lowest BCUT2D eigenvalue weighted by atomic mass is 9.77. The standard InChI is InChI=1S/C13H14ClF2NO/c14-7-11(18)17-13(8-3-1-4-8)12-9(15)5-2-6-10(12)16/h2,5-6,8,13H,1,3-4,7H2,(H,17,18). The number of hydrogen-bond donors (Lipinski definition) is 1. The van der Waals surface area contributed by atoms with E-state index in [1.165, 1.54) is 18.2 Å². The predicted octanol–water partition coefficient (Wildman–Crippen LogP) is 3.16. The number of halogens is 3. The molecule has 5 heteroatoms. The molecule has 1 aliphatic carbocycles. The highest BCUT2D eigenvalue weighted by atomic mass is 35.5. The summed E-state index contributed by atoms with van der Waals surface area (Å²) in [7, 11) is 0. The molecule has 1 saturated carbocycles. The summed E-state index contributed by atoms with van der Waals surface area (Å²) in [5.41, 5.74) is -0.0549. The van der Waals surface area contributed by atoms with Gasteiger partial charge in [-0.25, -0.2) is 8.78 Å². The number of nitrogens with one attached hydrogen (secondary N) is 1. The molecule has 0 spiro atoms. The van der Waals surface area contributed by atoms with Crippen LogP contribution in [0.25, 0.3) is 0 Å². The van der Waals surface area contributed by atoms with E-state index >= 15 is 0 Å². The lowest BCUT2D eigenvalue weighted by molar-refractivity contribution is -0.120. The number of rotatable bonds is 4. The molecule has 0 heterocycles. The zero-order chi connectivity index (χ0) is 13.1. The van der Waals surface area contributed by atoms with E-state index in [4.69, 9.17) is 11.6 Å². The van der Waals surface area contributed by atoms with E-state index in [1.54, 1.807) is 0 Å². The van der Waals surface area contributed by atoms with Crippen LogP contribution < -0.4 is 5.32 Å². The summed E-state index contributed by atoms with van der Waals surface area (Å²) >= 11 is 5.43. The average Bonchev–Trinajstić information content (AvgIpc) is 2.26. The average molecular weight is 274 g/mol. The molecule has 1 atom stereocenters. The van der Waals surface area contributed by atoms with Crippen LogP contribution in [0, 0.1) is 17.6 Å². The molecule has 2 rings (SSSR count). The highest BCUT2D eigenvalue weighted by molar-refractivity contribution is 6.27. The molecular weight excluding hydrogens is 260 g/mol. The zero-order valence-electron chi connectivity index (χ0n) is 9.76. The van der Waals surface area contributed by atoms with Crippen molar-refractivity contribution in [3.8, 4) is 0 Å². The Balaban J connectivity index is 2.30. The molecule has 0 radical (unpaired) electrons. The minimum atomic E-state index is -0.623. The lowest BCUT2D eigenvalue weighted by Gasteiger charge is -2.34. The number of carbonyl (C=O) groups excluding carboxylic acids is 1. The summed E-state index contributed by atoms with van der Waals surface area (Å²) in [6.07, 6.45) is 2.75. The van der Waals surface area contributed by atoms with Crippen molar-refractivity contribution in [2.24, 2.45) is 5.92 Å². The molecule has 0 bridgehead atoms. The highest BCUT2D eigenvalue weighted by Gasteiger charge is 2.33. The van der Waals surface area contributed by atoms with Crippen LogP contribution in [0.4, 0.5) is 8.78 Å². The van der Waals surface area contributed by atoms with Gasteiger partial charge >= 0.3 is 0 Å². The minimum absolute atomic E-state index is 0.0549. The highest BCUT2D eigenvalue weighted by Crippen LogP contribution is 2.39. The lowest BCUT2D eigenvalue weighted by Crippen LogP contribution is -2.37. The maximum atomic E-state index is 13.8. The Bertz CT molecular complexity index is 428. The topological polar surface area (TPSA) is 29.1 Å². The van der Waals surface area contributed by atoms with Crippen molar-refractivity contribution in [3.05, 3.63) is 35.4 Å². The van der Waals surface area contributed by atoms with Gasteiger partial charge in [0.25, 0.3) is 0 Å². The maximum absolute atomic E-state index is 13.8. The molecular formula is C13H14ClF2NO. The summed E-state index contributed by atoms with van der Waals surface area (Å²) in [6.45, 7) is 0. The van der Waals surface area contributed by atoms with Gasteiger partial charge in [0, 0.05) is 5.56 Å². The fraction of sp³-hybridized carbons (Fsp3) is 0.462. The Morgan fingerprint density at radius 1 is 1.39 bits per heavy atom. The molecule has 0 saturated heterocycles. The fourth-order valence-corrected chi connectivity index (χ4v) is 2.30. The zero-order valence-corrected chi connectivity index (χ0v) is 10.5. The maximum Gasteiger partial charge on any atom is 0.235 e. The quantitative estimate of drug-likeness (QED) is 0.839. The van der Waals surface area contributed by atoms with Gasteiger partial charge < -0.3 is 5.32 Å². The van der Waals surface area contributed by atoms with E-state index in [0.29, 0.717) is 0 Å². The largest absolute Gasteiger partial charge is 0.348 e. The van der Waals surface area contributed by atoms with Gasteiger partial charge in [0.15, 0.2) is 0 Å². The number of amides is 1. The predicted molar refractivity (Wildman–Crippen MR) is 65.3 cm³/mol. The SMILES string of the molecule is O=C(CCl)NC(c1c(F)cccc1F)C1CCC1. The van der Waals surface area contributed by atoms with Gasteiger partial charge in [-0.2, -0.15) is 0 Å². The van der Waals surface area contributed by atoms with Crippen molar-refractivity contribution in [1.82, 2.24) is 5.32 Å². The van der Waals surface area contributed by atoms with E-state index in [2.05, 4.69) is 5.32 Å². The first-order valence-electron chi connectivity index (χ1n) is 5.92. The van der Waals surface area contributed by atoms with Crippen LogP contribution in [-0.2, 0) is 4.79 Å². The third-order valence-corrected chi connectivity index (χ3v) is 3.61. The van der Waals surface area contributed by atoms with Crippen molar-refractivity contribution in [3.63, 3.8) is 0 Å². The Hall–Kier alpha value is -1.16. The molecule has 1 amide bonds. The summed E-state index contributed by atoms with van der Waals surface area (Å²) < 4.78 is 27.5. The van der Waals surface area contributed by atoms with Gasteiger partial charge in [-0.15, -0.1) is 11.6 Å². The second-order valence-corrected chi connectivity index (χ2v) is 4.77. The molecule has 1 fully saturated rings. The summed E-state index contributed by atoms with van der Waals surface area (Å²) in [6, 6.07) is 3.11. The van der Waals surface area contributed by atoms with Gasteiger partial charge in [0.2, 0.25) is 5.91 Å². The second kappa shape index (κ2) is 5.65. The molecule has 2 nitrogen and oxygen atoms in total. The molecule has 1 unspecified atom stereocenters. The van der Waals surface area contributed by atoms with Crippen molar-refractivity contribution in [2.75, 3.05) is 5.88 Å². The monoisotopic (exact) mass is 273 g/mol. The van der Waals surface area contributed by atoms with Crippen LogP contribution in [0.15, 0.2) is 18.2 Å². The van der Waals surface area contributed by atoms with E-state index in [0.717, 1.165) is 19.3 Å². The smallest absolute Gasteiger partial charge is 0.235 e. The second-order valence-electron chi connectivity index (χ2n) is 4.51. The van der Waals surface area contributed by atoms with E-state index in [1.807, 2.05) is 0 Å². The summed E-state index contributed by atoms with van der Waals surface area (Å²) in [5.74, 6) is -1.78. The number of alkyl halides is 1. The number of benzene rings is 1. The van der Waals surface area contributed by atoms with Crippen molar-refractivity contribution < 1.29 is 13.6 Å². The molecule has 98 valence electrons. The van der Waals surface area contributed by atoms with E-state index in [-0.39, 0.29) is 17.4 Å². The molecule has 0 aromatic heterocycles. The van der Waals surface area contributed by atoms with Gasteiger partial charge in [-0.3, -0.25) is 4.79 Å². The first kappa shape index (κ1) is 13.3. The van der Waals surface area contributed by atoms with E-state index < -0.39 is 23.6 Å². The Labute approximate surface area is 109 Å². The van der Waals surface area contributed by atoms with Crippen molar-refractivity contribution in [2.45, 2.75) is 25.3 Å². The van der Waals surface area contributed by atoms with Crippen LogP contribution in [0.2, 0.25) is 0 Å². The normalized spacial score (nSPS) is 17.1. The Kier molecular flexibility index (Phi) is 4.17. The molecule has 1 aromatic rings. The molecule has 0 aliphatic heterocycles. The number of carbonyl (C=O) groups is 1. The Morgan fingerprint density at radius 2 is 2.00 bits per heavy atom. The third kappa shape index (κ3) is 2.64. The van der Waals surface area contributed by atoms with Crippen LogP contribution in [0.5, 0.6) is 0 Å². The number of hydrogen-bond acceptors (Lipinski definition) is 1. The van der Waals surface area contributed by atoms with Gasteiger partial charge in [0.05, 0.1) is 6.04 Å². The van der Waals surface area contributed by atoms with E-state index in [9.17, 15) is 13.6 Å². The Morgan fingerprint density at radius 3 is 2.44 bits per heavy atom. The first-order valence-corrected chi connectivity index (χ1v) is 6.46. The van der Waals surface area contributed by atoms with Crippen molar-refractivity contribution >= 4 is 17.5 Å². The first-order chi connectivity index (χ1) is 8.63. The van der Waals surface area contributed by atoms with Crippen molar-refractivity contribution in [1.29, 1.82) is 0 Å². The summed E-state index contributed by atoms with van der Waals surface area (Å²) in [4.78, 5) is 11.4. The van der Waals surface area contributed by atoms with Gasteiger partial charge in [-0.1, -0.05) is 12.5 Å². The third-order valence-electron chi connectivity index (χ3n) is 3.37. The van der Waals surface area contributed by atoms with Gasteiger partial charge in [0.1, 0.15) is 17.5 Å². The molecule has 1 aliphatic rings. The van der Waals surface area contributed by atoms with Crippen LogP contribution in [0.3, 0.4) is 0 Å². The van der Waals surface area contributed by atoms with Crippen LogP contribution in [-0.4, -0.2) is 11.8 Å². The molecule has 1 N–H and O–H groups in total. The van der Waals surface area contributed by atoms with Crippen LogP contribution >= 0.6 is 11.6 Å². The summed E-state index contributed by atoms with van der Waals surface area (Å²) in [5, 5.41) is 2.62. The fourth-order valence-electron chi connectivity index (χ4n) is 2.22. The molecule has 18 heavy (non-hydrogen) atoms. The molecule has 1 aromatic carbocycles. The van der Waals surface area contributed by atoms with Crippen LogP contribution in [0.1, 0.15) is 30.9 Å².